The van der Waals surface area contributed by atoms with Crippen molar-refractivity contribution in [2.45, 2.75) is 45.2 Å². The number of urea groups is 1. The number of carboxylic acid groups (broad SMARTS) is 1. The highest BCUT2D eigenvalue weighted by atomic mass is 16.5. The van der Waals surface area contributed by atoms with Crippen LogP contribution in [0.15, 0.2) is 4.52 Å². The van der Waals surface area contributed by atoms with Crippen LogP contribution >= 0.6 is 0 Å². The van der Waals surface area contributed by atoms with Gasteiger partial charge in [-0.25, -0.2) is 9.59 Å². The molecule has 0 spiro atoms. The number of aryl methyl sites for hydroxylation is 1. The van der Waals surface area contributed by atoms with Gasteiger partial charge in [0.1, 0.15) is 6.04 Å². The lowest BCUT2D eigenvalue weighted by molar-refractivity contribution is -0.142. The number of hydrogen-bond acceptors (Lipinski definition) is 5. The number of rotatable bonds is 3. The van der Waals surface area contributed by atoms with Gasteiger partial charge in [-0.15, -0.1) is 0 Å². The molecule has 8 heteroatoms. The van der Waals surface area contributed by atoms with Gasteiger partial charge in [0.2, 0.25) is 5.89 Å². The maximum Gasteiger partial charge on any atom is 0.326 e. The predicted molar refractivity (Wildman–Crippen MR) is 67.9 cm³/mol. The fourth-order valence-electron chi connectivity index (χ4n) is 2.28. The summed E-state index contributed by atoms with van der Waals surface area (Å²) in [7, 11) is 0. The van der Waals surface area contributed by atoms with Crippen molar-refractivity contribution >= 4 is 12.0 Å². The summed E-state index contributed by atoms with van der Waals surface area (Å²) in [6.45, 7) is 2.24. The topological polar surface area (TPSA) is 109 Å². The Kier molecular flexibility index (Phi) is 4.54. The van der Waals surface area contributed by atoms with E-state index in [-0.39, 0.29) is 6.54 Å². The van der Waals surface area contributed by atoms with Crippen LogP contribution in [0, 0.1) is 6.92 Å². The lowest BCUT2D eigenvalue weighted by atomic mass is 10.1. The van der Waals surface area contributed by atoms with Crippen molar-refractivity contribution in [3.05, 3.63) is 11.7 Å². The second kappa shape index (κ2) is 6.36. The summed E-state index contributed by atoms with van der Waals surface area (Å²) in [6.07, 6.45) is 3.07. The predicted octanol–water partition coefficient (Wildman–Crippen LogP) is 0.917. The second-order valence-electron chi connectivity index (χ2n) is 4.79. The standard InChI is InChI=1S/C12H18N4O4/c1-8-14-10(15-20-8)7-13-12(19)16-6-4-2-3-5-9(16)11(17)18/h9H,2-7H2,1H3,(H,13,19)(H,17,18). The molecule has 2 heterocycles. The molecule has 0 aliphatic carbocycles. The van der Waals surface area contributed by atoms with Gasteiger partial charge in [-0.1, -0.05) is 18.0 Å². The molecule has 1 aliphatic rings. The summed E-state index contributed by atoms with van der Waals surface area (Å²) in [4.78, 5) is 28.7. The Bertz CT molecular complexity index is 488. The van der Waals surface area contributed by atoms with Crippen molar-refractivity contribution in [2.24, 2.45) is 0 Å². The molecular formula is C12H18N4O4. The number of aliphatic carboxylic acids is 1. The Morgan fingerprint density at radius 2 is 2.25 bits per heavy atom. The van der Waals surface area contributed by atoms with Crippen molar-refractivity contribution in [1.29, 1.82) is 0 Å². The molecule has 1 saturated heterocycles. The summed E-state index contributed by atoms with van der Waals surface area (Å²) >= 11 is 0. The Balaban J connectivity index is 1.96. The molecule has 0 radical (unpaired) electrons. The monoisotopic (exact) mass is 282 g/mol. The molecule has 1 unspecified atom stereocenters. The maximum atomic E-state index is 12.1. The van der Waals surface area contributed by atoms with Gasteiger partial charge < -0.3 is 19.8 Å². The van der Waals surface area contributed by atoms with Gasteiger partial charge in [0.05, 0.1) is 6.54 Å². The number of hydrogen-bond donors (Lipinski definition) is 2. The number of carbonyl (C=O) groups is 2. The lowest BCUT2D eigenvalue weighted by Crippen LogP contribution is -2.49. The molecule has 1 aliphatic heterocycles. The number of nitrogens with zero attached hydrogens (tertiary/aromatic N) is 3. The van der Waals surface area contributed by atoms with E-state index >= 15 is 0 Å². The number of carboxylic acids is 1. The van der Waals surface area contributed by atoms with E-state index < -0.39 is 18.0 Å². The van der Waals surface area contributed by atoms with E-state index in [1.807, 2.05) is 0 Å². The highest BCUT2D eigenvalue weighted by molar-refractivity contribution is 5.82. The summed E-state index contributed by atoms with van der Waals surface area (Å²) in [5.41, 5.74) is 0. The van der Waals surface area contributed by atoms with Crippen molar-refractivity contribution in [3.8, 4) is 0 Å². The normalized spacial score (nSPS) is 19.4. The van der Waals surface area contributed by atoms with Crippen molar-refractivity contribution in [2.75, 3.05) is 6.54 Å². The van der Waals surface area contributed by atoms with Crippen molar-refractivity contribution in [3.63, 3.8) is 0 Å². The molecule has 1 atom stereocenters. The molecule has 1 aromatic heterocycles. The molecule has 1 fully saturated rings. The molecule has 2 amide bonds. The van der Waals surface area contributed by atoms with Crippen molar-refractivity contribution < 1.29 is 19.2 Å². The third-order valence-electron chi connectivity index (χ3n) is 3.27. The average molecular weight is 282 g/mol. The molecule has 0 bridgehead atoms. The van der Waals surface area contributed by atoms with Gasteiger partial charge in [0.25, 0.3) is 0 Å². The van der Waals surface area contributed by atoms with E-state index in [0.29, 0.717) is 24.7 Å². The Hall–Kier alpha value is -2.12. The molecule has 0 saturated carbocycles. The zero-order valence-electron chi connectivity index (χ0n) is 11.3. The lowest BCUT2D eigenvalue weighted by Gasteiger charge is -2.26. The molecule has 20 heavy (non-hydrogen) atoms. The van der Waals surface area contributed by atoms with E-state index in [9.17, 15) is 14.7 Å². The molecule has 1 aromatic rings. The zero-order valence-corrected chi connectivity index (χ0v) is 11.3. The van der Waals surface area contributed by atoms with Gasteiger partial charge in [-0.2, -0.15) is 4.98 Å². The van der Waals surface area contributed by atoms with Gasteiger partial charge >= 0.3 is 12.0 Å². The van der Waals surface area contributed by atoms with Gasteiger partial charge in [-0.3, -0.25) is 0 Å². The van der Waals surface area contributed by atoms with Crippen molar-refractivity contribution in [1.82, 2.24) is 20.4 Å². The van der Waals surface area contributed by atoms with Crippen LogP contribution in [0.5, 0.6) is 0 Å². The smallest absolute Gasteiger partial charge is 0.326 e. The summed E-state index contributed by atoms with van der Waals surface area (Å²) in [5, 5.41) is 15.5. The number of likely N-dealkylation sites (tertiary alicyclic amines) is 1. The van der Waals surface area contributed by atoms with Crippen LogP contribution in [-0.4, -0.2) is 44.7 Å². The van der Waals surface area contributed by atoms with Gasteiger partial charge in [-0.05, 0) is 12.8 Å². The van der Waals surface area contributed by atoms with Crippen LogP contribution in [0.25, 0.3) is 0 Å². The number of aromatic nitrogens is 2. The summed E-state index contributed by atoms with van der Waals surface area (Å²) in [6, 6.07) is -1.16. The molecule has 8 nitrogen and oxygen atoms in total. The van der Waals surface area contributed by atoms with Crippen LogP contribution in [-0.2, 0) is 11.3 Å². The van der Waals surface area contributed by atoms with E-state index in [0.717, 1.165) is 19.3 Å². The summed E-state index contributed by atoms with van der Waals surface area (Å²) < 4.78 is 4.80. The molecular weight excluding hydrogens is 264 g/mol. The zero-order chi connectivity index (χ0) is 14.5. The van der Waals surface area contributed by atoms with Crippen LogP contribution < -0.4 is 5.32 Å². The van der Waals surface area contributed by atoms with E-state index in [1.54, 1.807) is 6.92 Å². The first-order chi connectivity index (χ1) is 9.58. The minimum Gasteiger partial charge on any atom is -0.480 e. The molecule has 0 aromatic carbocycles. The van der Waals surface area contributed by atoms with E-state index in [1.165, 1.54) is 4.90 Å². The fraction of sp³-hybridized carbons (Fsp3) is 0.667. The number of amides is 2. The first-order valence-corrected chi connectivity index (χ1v) is 6.64. The SMILES string of the molecule is Cc1nc(CNC(=O)N2CCCCCC2C(=O)O)no1. The molecule has 2 rings (SSSR count). The Labute approximate surface area is 116 Å². The van der Waals surface area contributed by atoms with Crippen LogP contribution in [0.4, 0.5) is 4.79 Å². The van der Waals surface area contributed by atoms with Gasteiger partial charge in [0.15, 0.2) is 5.82 Å². The van der Waals surface area contributed by atoms with Crippen LogP contribution in [0.2, 0.25) is 0 Å². The summed E-state index contributed by atoms with van der Waals surface area (Å²) in [5.74, 6) is -0.164. The van der Waals surface area contributed by atoms with Crippen LogP contribution in [0.3, 0.4) is 0 Å². The largest absolute Gasteiger partial charge is 0.480 e. The number of carbonyl (C=O) groups excluding carboxylic acids is 1. The molecule has 110 valence electrons. The average Bonchev–Trinajstić information content (AvgIpc) is 2.68. The quantitative estimate of drug-likeness (QED) is 0.853. The third kappa shape index (κ3) is 3.46. The van der Waals surface area contributed by atoms with Gasteiger partial charge in [0, 0.05) is 13.5 Å². The van der Waals surface area contributed by atoms with E-state index in [2.05, 4.69) is 15.5 Å². The first kappa shape index (κ1) is 14.3. The minimum absolute atomic E-state index is 0.124. The second-order valence-corrected chi connectivity index (χ2v) is 4.79. The Morgan fingerprint density at radius 1 is 1.45 bits per heavy atom. The highest BCUT2D eigenvalue weighted by Gasteiger charge is 2.30. The first-order valence-electron chi connectivity index (χ1n) is 6.64. The number of nitrogens with one attached hydrogen (secondary N) is 1. The van der Waals surface area contributed by atoms with E-state index in [4.69, 9.17) is 4.52 Å². The molecule has 2 N–H and O–H groups in total. The Morgan fingerprint density at radius 3 is 2.90 bits per heavy atom. The maximum absolute atomic E-state index is 12.1. The third-order valence-corrected chi connectivity index (χ3v) is 3.27. The fourth-order valence-corrected chi connectivity index (χ4v) is 2.28. The highest BCUT2D eigenvalue weighted by Crippen LogP contribution is 2.17. The van der Waals surface area contributed by atoms with Crippen LogP contribution in [0.1, 0.15) is 37.4 Å². The minimum atomic E-state index is -0.961.